The van der Waals surface area contributed by atoms with Crippen LogP contribution in [0.5, 0.6) is 0 Å². The molecular weight excluding hydrogens is 620 g/mol. The molecule has 12 nitrogen and oxygen atoms in total. The highest BCUT2D eigenvalue weighted by atomic mass is 19.3. The number of anilines is 2. The molecule has 3 aromatic rings. The van der Waals surface area contributed by atoms with E-state index >= 15 is 0 Å². The molecular formula is C31H32F4N10O2. The Morgan fingerprint density at radius 1 is 0.957 bits per heavy atom. The fraction of sp³-hybridized carbons (Fsp3) is 0.452. The minimum Gasteiger partial charge on any atom is -0.461 e. The molecule has 0 N–H and O–H groups in total. The normalized spacial score (nSPS) is 23.9. The van der Waals surface area contributed by atoms with Crippen molar-refractivity contribution >= 4 is 29.8 Å². The van der Waals surface area contributed by atoms with Gasteiger partial charge in [-0.05, 0) is 47.9 Å². The number of nitrogens with zero attached hydrogens (tertiary/aromatic N) is 10. The highest BCUT2D eigenvalue weighted by Crippen LogP contribution is 2.60. The Bertz CT molecular complexity index is 1730. The van der Waals surface area contributed by atoms with Crippen LogP contribution < -0.4 is 9.80 Å². The van der Waals surface area contributed by atoms with Crippen molar-refractivity contribution in [1.29, 1.82) is 0 Å². The van der Waals surface area contributed by atoms with E-state index in [-0.39, 0.29) is 18.8 Å². The molecule has 2 aliphatic carbocycles. The molecule has 2 saturated heterocycles. The Kier molecular flexibility index (Phi) is 8.38. The molecule has 47 heavy (non-hydrogen) atoms. The third-order valence-corrected chi connectivity index (χ3v) is 9.09. The maximum Gasteiger partial charge on any atom is 0.360 e. The molecule has 4 atom stereocenters. The summed E-state index contributed by atoms with van der Waals surface area (Å²) in [6, 6.07) is 7.26. The largest absolute Gasteiger partial charge is 0.461 e. The second kappa shape index (κ2) is 12.3. The quantitative estimate of drug-likeness (QED) is 0.0923. The lowest BCUT2D eigenvalue weighted by Gasteiger charge is -2.21. The molecule has 4 unspecified atom stereocenters. The van der Waals surface area contributed by atoms with Gasteiger partial charge in [0.1, 0.15) is 11.6 Å². The van der Waals surface area contributed by atoms with Crippen LogP contribution in [0.4, 0.5) is 29.2 Å². The third kappa shape index (κ3) is 6.12. The highest BCUT2D eigenvalue weighted by molar-refractivity contribution is 5.86. The molecule has 246 valence electrons. The molecule has 0 bridgehead atoms. The van der Waals surface area contributed by atoms with Crippen molar-refractivity contribution in [2.45, 2.75) is 31.9 Å². The predicted octanol–water partition coefficient (Wildman–Crippen LogP) is 5.48. The maximum atomic E-state index is 13.4. The molecule has 2 aliphatic heterocycles. The summed E-state index contributed by atoms with van der Waals surface area (Å²) >= 11 is 0. The monoisotopic (exact) mass is 652 g/mol. The lowest BCUT2D eigenvalue weighted by Crippen LogP contribution is -2.28. The fourth-order valence-electron chi connectivity index (χ4n) is 6.31. The molecule has 16 heteroatoms. The fourth-order valence-corrected chi connectivity index (χ4v) is 6.31. The van der Waals surface area contributed by atoms with Crippen molar-refractivity contribution in [2.75, 3.05) is 42.6 Å². The lowest BCUT2D eigenvalue weighted by atomic mass is 10.2. The van der Waals surface area contributed by atoms with Crippen molar-refractivity contribution in [3.63, 3.8) is 0 Å². The summed E-state index contributed by atoms with van der Waals surface area (Å²) in [6.45, 7) is 11.3. The van der Waals surface area contributed by atoms with Crippen LogP contribution in [0.15, 0.2) is 48.7 Å². The topological polar surface area (TPSA) is 138 Å². The number of carbonyl (C=O) groups excluding carboxylic acids is 1. The summed E-state index contributed by atoms with van der Waals surface area (Å²) in [5.41, 5.74) is 11.4. The van der Waals surface area contributed by atoms with Crippen molar-refractivity contribution in [2.24, 2.45) is 28.8 Å². The standard InChI is InChI=1S/C18H19F2N5O2.C13H13F2N5/c1-3-14-11(7-25-10-15(22-23-25)17(26)27-4-2)5-6-16(21-14)24-8-12-13(9-24)18(12,19)20;1-2-11-8(5-17-19-16)3-4-12(18-11)20-6-9-10(7-20)13(9,14)15/h3,5-6,10,12-13H,1,4,7-9H2,2H3;2-4,9-10H,1,5-7H2. The average molecular weight is 653 g/mol. The Balaban J connectivity index is 0.000000172. The number of piperidine rings is 2. The molecule has 3 aromatic heterocycles. The molecule has 7 rings (SSSR count). The van der Waals surface area contributed by atoms with Crippen molar-refractivity contribution < 1.29 is 27.1 Å². The number of pyridine rings is 2. The molecule has 2 saturated carbocycles. The van der Waals surface area contributed by atoms with E-state index in [4.69, 9.17) is 10.3 Å². The zero-order valence-corrected chi connectivity index (χ0v) is 25.5. The first kappa shape index (κ1) is 32.0. The first-order valence-electron chi connectivity index (χ1n) is 15.1. The van der Waals surface area contributed by atoms with Crippen LogP contribution in [-0.4, -0.2) is 75.6 Å². The second-order valence-corrected chi connectivity index (χ2v) is 11.8. The zero-order chi connectivity index (χ0) is 33.5. The first-order chi connectivity index (χ1) is 22.5. The van der Waals surface area contributed by atoms with Crippen molar-refractivity contribution in [1.82, 2.24) is 25.0 Å². The summed E-state index contributed by atoms with van der Waals surface area (Å²) in [5.74, 6) is -6.34. The van der Waals surface area contributed by atoms with E-state index in [1.807, 2.05) is 21.9 Å². The first-order valence-corrected chi connectivity index (χ1v) is 15.1. The number of azide groups is 1. The lowest BCUT2D eigenvalue weighted by molar-refractivity contribution is 0.0519. The molecule has 5 heterocycles. The number of esters is 1. The summed E-state index contributed by atoms with van der Waals surface area (Å²) in [6.07, 6.45) is 4.71. The van der Waals surface area contributed by atoms with Crippen molar-refractivity contribution in [3.05, 3.63) is 82.3 Å². The Labute approximate surface area is 267 Å². The van der Waals surface area contributed by atoms with E-state index < -0.39 is 41.5 Å². The number of rotatable bonds is 10. The number of hydrogen-bond acceptors (Lipinski definition) is 9. The summed E-state index contributed by atoms with van der Waals surface area (Å²) in [4.78, 5) is 27.1. The Morgan fingerprint density at radius 2 is 1.47 bits per heavy atom. The Hall–Kier alpha value is -4.98. The van der Waals surface area contributed by atoms with Crippen LogP contribution in [0.25, 0.3) is 22.6 Å². The third-order valence-electron chi connectivity index (χ3n) is 9.09. The van der Waals surface area contributed by atoms with Gasteiger partial charge in [-0.15, -0.1) is 5.10 Å². The van der Waals surface area contributed by atoms with Gasteiger partial charge in [-0.25, -0.2) is 37.0 Å². The Morgan fingerprint density at radius 3 is 1.96 bits per heavy atom. The van der Waals surface area contributed by atoms with Crippen LogP contribution in [0, 0.1) is 23.7 Å². The molecule has 4 fully saturated rings. The smallest absolute Gasteiger partial charge is 0.360 e. The molecule has 0 radical (unpaired) electrons. The van der Waals surface area contributed by atoms with E-state index in [0.29, 0.717) is 55.7 Å². The molecule has 4 aliphatic rings. The maximum absolute atomic E-state index is 13.4. The number of alkyl halides is 4. The molecule has 0 aromatic carbocycles. The number of hydrogen-bond donors (Lipinski definition) is 0. The number of halogens is 4. The number of aromatic nitrogens is 5. The number of carbonyl (C=O) groups is 1. The highest BCUT2D eigenvalue weighted by Gasteiger charge is 2.72. The summed E-state index contributed by atoms with van der Waals surface area (Å²) in [7, 11) is 0. The van der Waals surface area contributed by atoms with Gasteiger partial charge in [-0.2, -0.15) is 0 Å². The van der Waals surface area contributed by atoms with Crippen LogP contribution in [0.3, 0.4) is 0 Å². The van der Waals surface area contributed by atoms with E-state index in [1.165, 1.54) is 10.9 Å². The van der Waals surface area contributed by atoms with E-state index in [9.17, 15) is 22.4 Å². The van der Waals surface area contributed by atoms with Gasteiger partial charge < -0.3 is 14.5 Å². The summed E-state index contributed by atoms with van der Waals surface area (Å²) < 4.78 is 59.5. The van der Waals surface area contributed by atoms with Gasteiger partial charge in [-0.3, -0.25) is 0 Å². The van der Waals surface area contributed by atoms with Gasteiger partial charge in [-0.1, -0.05) is 35.6 Å². The van der Waals surface area contributed by atoms with Crippen LogP contribution in [0.1, 0.15) is 39.9 Å². The summed E-state index contributed by atoms with van der Waals surface area (Å²) in [5, 5.41) is 11.2. The van der Waals surface area contributed by atoms with Gasteiger partial charge >= 0.3 is 5.97 Å². The SMILES string of the molecule is C=Cc1nc(N2CC3C(C2)C3(F)F)ccc1CN=[N+]=[N-].C=Cc1nc(N2CC3C(C2)C3(F)F)ccc1Cn1cc(C(=O)OCC)nn1. The van der Waals surface area contributed by atoms with Gasteiger partial charge in [0.2, 0.25) is 0 Å². The van der Waals surface area contributed by atoms with E-state index in [1.54, 1.807) is 31.2 Å². The van der Waals surface area contributed by atoms with Crippen LogP contribution in [0.2, 0.25) is 0 Å². The van der Waals surface area contributed by atoms with Gasteiger partial charge in [0.05, 0.1) is 61.0 Å². The minimum absolute atomic E-state index is 0.138. The van der Waals surface area contributed by atoms with Gasteiger partial charge in [0, 0.05) is 31.1 Å². The zero-order valence-electron chi connectivity index (χ0n) is 25.5. The van der Waals surface area contributed by atoms with Gasteiger partial charge in [0.25, 0.3) is 11.8 Å². The molecule has 0 spiro atoms. The van der Waals surface area contributed by atoms with Crippen molar-refractivity contribution in [3.8, 4) is 0 Å². The van der Waals surface area contributed by atoms with Crippen LogP contribution >= 0.6 is 0 Å². The van der Waals surface area contributed by atoms with Gasteiger partial charge in [0.15, 0.2) is 5.69 Å². The predicted molar refractivity (Wildman–Crippen MR) is 165 cm³/mol. The second-order valence-electron chi connectivity index (χ2n) is 11.8. The average Bonchev–Trinajstić information content (AvgIpc) is 3.57. The van der Waals surface area contributed by atoms with E-state index in [0.717, 1.165) is 11.1 Å². The molecule has 0 amide bonds. The van der Waals surface area contributed by atoms with E-state index in [2.05, 4.69) is 43.5 Å². The minimum atomic E-state index is -2.51. The number of ether oxygens (including phenoxy) is 1. The van der Waals surface area contributed by atoms with Crippen LogP contribution in [-0.2, 0) is 17.8 Å². The number of fused-ring (bicyclic) bond motifs is 2.